The summed E-state index contributed by atoms with van der Waals surface area (Å²) in [5.41, 5.74) is 4.45. The number of para-hydroxylation sites is 2. The van der Waals surface area contributed by atoms with E-state index < -0.39 is 0 Å². The lowest BCUT2D eigenvalue weighted by Crippen LogP contribution is -2.24. The molecule has 0 spiro atoms. The molecular formula is C28H37N3O. The first-order chi connectivity index (χ1) is 15.7. The number of carbonyl (C=O) groups excluding carboxylic acids is 1. The lowest BCUT2D eigenvalue weighted by Gasteiger charge is -2.17. The molecule has 170 valence electrons. The van der Waals surface area contributed by atoms with Crippen LogP contribution < -0.4 is 4.90 Å². The number of anilines is 1. The van der Waals surface area contributed by atoms with E-state index in [9.17, 15) is 4.79 Å². The van der Waals surface area contributed by atoms with Crippen molar-refractivity contribution in [2.24, 2.45) is 0 Å². The Bertz CT molecular complexity index is 1020. The number of hydrogen-bond acceptors (Lipinski definition) is 2. The highest BCUT2D eigenvalue weighted by Gasteiger charge is 2.34. The van der Waals surface area contributed by atoms with Gasteiger partial charge in [-0.3, -0.25) is 4.79 Å². The molecule has 0 N–H and O–H groups in total. The van der Waals surface area contributed by atoms with Crippen molar-refractivity contribution in [2.75, 3.05) is 11.4 Å². The molecule has 1 aliphatic rings. The molecule has 2 heterocycles. The highest BCUT2D eigenvalue weighted by molar-refractivity contribution is 5.96. The van der Waals surface area contributed by atoms with E-state index in [1.165, 1.54) is 62.4 Å². The van der Waals surface area contributed by atoms with Gasteiger partial charge >= 0.3 is 0 Å². The fraction of sp³-hybridized carbons (Fsp3) is 0.500. The van der Waals surface area contributed by atoms with Crippen LogP contribution in [0.4, 0.5) is 5.69 Å². The third-order valence-electron chi connectivity index (χ3n) is 6.76. The van der Waals surface area contributed by atoms with Crippen LogP contribution in [0.25, 0.3) is 11.0 Å². The summed E-state index contributed by atoms with van der Waals surface area (Å²) >= 11 is 0. The molecule has 0 bridgehead atoms. The van der Waals surface area contributed by atoms with Crippen LogP contribution in [-0.4, -0.2) is 22.0 Å². The van der Waals surface area contributed by atoms with E-state index in [0.29, 0.717) is 13.0 Å². The fourth-order valence-corrected chi connectivity index (χ4v) is 4.90. The zero-order valence-corrected chi connectivity index (χ0v) is 19.7. The van der Waals surface area contributed by atoms with Crippen LogP contribution in [0, 0.1) is 6.92 Å². The maximum Gasteiger partial charge on any atom is 0.227 e. The highest BCUT2D eigenvalue weighted by Crippen LogP contribution is 2.33. The summed E-state index contributed by atoms with van der Waals surface area (Å²) in [6.45, 7) is 6.04. The molecule has 3 aromatic rings. The van der Waals surface area contributed by atoms with Gasteiger partial charge in [-0.05, 0) is 37.6 Å². The van der Waals surface area contributed by atoms with Gasteiger partial charge in [0.25, 0.3) is 0 Å². The third kappa shape index (κ3) is 5.23. The largest absolute Gasteiger partial charge is 0.328 e. The number of rotatable bonds is 11. The lowest BCUT2D eigenvalue weighted by atomic mass is 10.1. The van der Waals surface area contributed by atoms with Crippen molar-refractivity contribution in [3.63, 3.8) is 0 Å². The van der Waals surface area contributed by atoms with E-state index in [-0.39, 0.29) is 11.8 Å². The Kier molecular flexibility index (Phi) is 7.62. The molecule has 2 aromatic carbocycles. The second kappa shape index (κ2) is 10.8. The topological polar surface area (TPSA) is 38.1 Å². The first-order valence-corrected chi connectivity index (χ1v) is 12.5. The van der Waals surface area contributed by atoms with Gasteiger partial charge in [0.15, 0.2) is 0 Å². The highest BCUT2D eigenvalue weighted by atomic mass is 16.2. The van der Waals surface area contributed by atoms with Crippen LogP contribution in [0.3, 0.4) is 0 Å². The number of unbranched alkanes of at least 4 members (excludes halogenated alkanes) is 7. The summed E-state index contributed by atoms with van der Waals surface area (Å²) in [5.74, 6) is 1.42. The first kappa shape index (κ1) is 22.6. The van der Waals surface area contributed by atoms with Gasteiger partial charge in [-0.15, -0.1) is 0 Å². The minimum absolute atomic E-state index is 0.144. The maximum absolute atomic E-state index is 12.9. The minimum atomic E-state index is 0.144. The predicted octanol–water partition coefficient (Wildman–Crippen LogP) is 7.01. The van der Waals surface area contributed by atoms with Crippen molar-refractivity contribution >= 4 is 22.6 Å². The van der Waals surface area contributed by atoms with E-state index in [1.807, 2.05) is 4.90 Å². The van der Waals surface area contributed by atoms with Crippen molar-refractivity contribution in [2.45, 2.75) is 84.1 Å². The van der Waals surface area contributed by atoms with Crippen LogP contribution in [0.5, 0.6) is 0 Å². The van der Waals surface area contributed by atoms with Gasteiger partial charge in [0.05, 0.1) is 11.0 Å². The number of carbonyl (C=O) groups is 1. The SMILES string of the molecule is CCCCCCCCCCn1c([C@@H]2CC(=O)N(c3ccc(C)cc3)C2)nc2ccccc21. The average Bonchev–Trinajstić information content (AvgIpc) is 3.37. The molecule has 0 saturated carbocycles. The third-order valence-corrected chi connectivity index (χ3v) is 6.76. The van der Waals surface area contributed by atoms with Crippen molar-refractivity contribution in [3.05, 3.63) is 59.9 Å². The van der Waals surface area contributed by atoms with Crippen LogP contribution >= 0.6 is 0 Å². The quantitative estimate of drug-likeness (QED) is 0.306. The van der Waals surface area contributed by atoms with E-state index >= 15 is 0 Å². The second-order valence-electron chi connectivity index (χ2n) is 9.33. The Hall–Kier alpha value is -2.62. The first-order valence-electron chi connectivity index (χ1n) is 12.5. The number of benzene rings is 2. The molecule has 0 aliphatic carbocycles. The molecule has 4 nitrogen and oxygen atoms in total. The van der Waals surface area contributed by atoms with E-state index in [2.05, 4.69) is 66.9 Å². The van der Waals surface area contributed by atoms with Gasteiger partial charge in [-0.1, -0.05) is 81.7 Å². The number of nitrogens with zero attached hydrogens (tertiary/aromatic N) is 3. The van der Waals surface area contributed by atoms with Crippen LogP contribution in [0.2, 0.25) is 0 Å². The summed E-state index contributed by atoms with van der Waals surface area (Å²) in [5, 5.41) is 0. The summed E-state index contributed by atoms with van der Waals surface area (Å²) in [4.78, 5) is 19.8. The number of amides is 1. The van der Waals surface area contributed by atoms with Crippen LogP contribution in [0.1, 0.15) is 82.0 Å². The van der Waals surface area contributed by atoms with Gasteiger partial charge in [-0.25, -0.2) is 4.98 Å². The Morgan fingerprint density at radius 2 is 1.59 bits per heavy atom. The molecule has 32 heavy (non-hydrogen) atoms. The predicted molar refractivity (Wildman–Crippen MR) is 133 cm³/mol. The van der Waals surface area contributed by atoms with E-state index in [4.69, 9.17) is 4.98 Å². The number of aryl methyl sites for hydroxylation is 2. The Labute approximate surface area is 192 Å². The van der Waals surface area contributed by atoms with Gasteiger partial charge < -0.3 is 9.47 Å². The number of imidazole rings is 1. The van der Waals surface area contributed by atoms with Crippen molar-refractivity contribution in [1.29, 1.82) is 0 Å². The molecule has 1 atom stereocenters. The number of hydrogen-bond donors (Lipinski definition) is 0. The van der Waals surface area contributed by atoms with Gasteiger partial charge in [0.1, 0.15) is 5.82 Å². The van der Waals surface area contributed by atoms with Crippen molar-refractivity contribution < 1.29 is 4.79 Å². The lowest BCUT2D eigenvalue weighted by molar-refractivity contribution is -0.117. The van der Waals surface area contributed by atoms with Gasteiger partial charge in [-0.2, -0.15) is 0 Å². The summed E-state index contributed by atoms with van der Waals surface area (Å²) in [6.07, 6.45) is 11.0. The smallest absolute Gasteiger partial charge is 0.227 e. The summed E-state index contributed by atoms with van der Waals surface area (Å²) in [7, 11) is 0. The fourth-order valence-electron chi connectivity index (χ4n) is 4.90. The number of fused-ring (bicyclic) bond motifs is 1. The molecule has 4 heteroatoms. The number of aromatic nitrogens is 2. The Balaban J connectivity index is 1.44. The Morgan fingerprint density at radius 1 is 0.906 bits per heavy atom. The molecule has 1 aromatic heterocycles. The standard InChI is InChI=1S/C28H37N3O/c1-3-4-5-6-7-8-9-12-19-30-26-14-11-10-13-25(26)29-28(30)23-20-27(32)31(21-23)24-17-15-22(2)16-18-24/h10-11,13-18,23H,3-9,12,19-21H2,1-2H3/t23-/m1/s1. The normalized spacial score (nSPS) is 16.4. The van der Waals surface area contributed by atoms with Gasteiger partial charge in [0.2, 0.25) is 5.91 Å². The Morgan fingerprint density at radius 3 is 2.34 bits per heavy atom. The summed E-state index contributed by atoms with van der Waals surface area (Å²) < 4.78 is 2.39. The molecule has 4 rings (SSSR count). The van der Waals surface area contributed by atoms with Gasteiger partial charge in [0, 0.05) is 31.1 Å². The van der Waals surface area contributed by atoms with Crippen molar-refractivity contribution in [3.8, 4) is 0 Å². The zero-order chi connectivity index (χ0) is 22.3. The molecule has 1 fully saturated rings. The van der Waals surface area contributed by atoms with Crippen LogP contribution in [-0.2, 0) is 11.3 Å². The van der Waals surface area contributed by atoms with E-state index in [1.54, 1.807) is 0 Å². The second-order valence-corrected chi connectivity index (χ2v) is 9.33. The zero-order valence-electron chi connectivity index (χ0n) is 19.7. The molecule has 1 saturated heterocycles. The molecular weight excluding hydrogens is 394 g/mol. The maximum atomic E-state index is 12.9. The molecule has 1 amide bonds. The van der Waals surface area contributed by atoms with E-state index in [0.717, 1.165) is 23.6 Å². The average molecular weight is 432 g/mol. The van der Waals surface area contributed by atoms with Crippen LogP contribution in [0.15, 0.2) is 48.5 Å². The van der Waals surface area contributed by atoms with Crippen molar-refractivity contribution in [1.82, 2.24) is 9.55 Å². The summed E-state index contributed by atoms with van der Waals surface area (Å²) in [6, 6.07) is 16.7. The minimum Gasteiger partial charge on any atom is -0.328 e. The molecule has 0 unspecified atom stereocenters. The molecule has 0 radical (unpaired) electrons. The molecule has 1 aliphatic heterocycles. The monoisotopic (exact) mass is 431 g/mol.